The molecule has 2 aromatic carbocycles. The van der Waals surface area contributed by atoms with Crippen LogP contribution in [0.1, 0.15) is 24.1 Å². The highest BCUT2D eigenvalue weighted by molar-refractivity contribution is 5.91. The average Bonchev–Trinajstić information content (AvgIpc) is 2.54. The molecule has 0 bridgehead atoms. The predicted octanol–water partition coefficient (Wildman–Crippen LogP) is 3.81. The highest BCUT2D eigenvalue weighted by Crippen LogP contribution is 2.30. The molecule has 1 unspecified atom stereocenters. The van der Waals surface area contributed by atoms with Gasteiger partial charge in [0.05, 0.1) is 5.56 Å². The molecule has 0 saturated heterocycles. The zero-order chi connectivity index (χ0) is 17.7. The number of amides is 1. The molecule has 2 aromatic rings. The van der Waals surface area contributed by atoms with Crippen LogP contribution in [0.25, 0.3) is 0 Å². The monoisotopic (exact) mass is 338 g/mol. The maximum absolute atomic E-state index is 12.6. The van der Waals surface area contributed by atoms with E-state index in [0.717, 1.165) is 12.1 Å². The number of alkyl halides is 3. The number of aliphatic hydroxyl groups is 1. The topological polar surface area (TPSA) is 61.4 Å². The van der Waals surface area contributed by atoms with Gasteiger partial charge in [-0.25, -0.2) is 0 Å². The Labute approximate surface area is 137 Å². The van der Waals surface area contributed by atoms with Crippen LogP contribution in [-0.4, -0.2) is 17.6 Å². The Hall–Kier alpha value is -2.54. The van der Waals surface area contributed by atoms with E-state index in [1.54, 1.807) is 24.3 Å². The van der Waals surface area contributed by atoms with Gasteiger partial charge < -0.3 is 15.7 Å². The largest absolute Gasteiger partial charge is 0.416 e. The Balaban J connectivity index is 2.08. The first-order chi connectivity index (χ1) is 11.3. The molecule has 0 saturated carbocycles. The quantitative estimate of drug-likeness (QED) is 0.777. The standard InChI is InChI=1S/C17H17F3N2O2/c1-11(12-5-7-13(8-6-12)17(18,19)20)21-14-3-2-4-15(9-14)22-16(24)10-23/h2-9,11,21,23H,10H2,1H3,(H,22,24). The van der Waals surface area contributed by atoms with E-state index in [0.29, 0.717) is 16.9 Å². The number of benzene rings is 2. The van der Waals surface area contributed by atoms with Gasteiger partial charge in [0.25, 0.3) is 0 Å². The van der Waals surface area contributed by atoms with Gasteiger partial charge in [-0.2, -0.15) is 13.2 Å². The van der Waals surface area contributed by atoms with Gasteiger partial charge in [0.1, 0.15) is 6.61 Å². The molecule has 0 aliphatic rings. The van der Waals surface area contributed by atoms with Crippen LogP contribution in [0, 0.1) is 0 Å². The van der Waals surface area contributed by atoms with E-state index in [2.05, 4.69) is 10.6 Å². The zero-order valence-electron chi connectivity index (χ0n) is 12.9. The summed E-state index contributed by atoms with van der Waals surface area (Å²) in [7, 11) is 0. The molecule has 128 valence electrons. The lowest BCUT2D eigenvalue weighted by atomic mass is 10.1. The van der Waals surface area contributed by atoms with Crippen molar-refractivity contribution in [2.75, 3.05) is 17.2 Å². The van der Waals surface area contributed by atoms with Crippen molar-refractivity contribution in [3.8, 4) is 0 Å². The Kier molecular flexibility index (Phi) is 5.46. The maximum Gasteiger partial charge on any atom is 0.416 e. The van der Waals surface area contributed by atoms with Crippen LogP contribution in [0.2, 0.25) is 0 Å². The Bertz CT molecular complexity index is 700. The lowest BCUT2D eigenvalue weighted by Gasteiger charge is -2.17. The fourth-order valence-electron chi connectivity index (χ4n) is 2.18. The van der Waals surface area contributed by atoms with Gasteiger partial charge in [-0.3, -0.25) is 4.79 Å². The Morgan fingerprint density at radius 1 is 1.12 bits per heavy atom. The smallest absolute Gasteiger partial charge is 0.387 e. The Morgan fingerprint density at radius 3 is 2.33 bits per heavy atom. The van der Waals surface area contributed by atoms with E-state index in [1.165, 1.54) is 12.1 Å². The molecular formula is C17H17F3N2O2. The first-order valence-corrected chi connectivity index (χ1v) is 7.24. The molecule has 0 aliphatic carbocycles. The highest BCUT2D eigenvalue weighted by atomic mass is 19.4. The SMILES string of the molecule is CC(Nc1cccc(NC(=O)CO)c1)c1ccc(C(F)(F)F)cc1. The maximum atomic E-state index is 12.6. The van der Waals surface area contributed by atoms with Crippen LogP contribution in [0.4, 0.5) is 24.5 Å². The molecule has 1 amide bonds. The van der Waals surface area contributed by atoms with Gasteiger partial charge in [0.15, 0.2) is 0 Å². The first-order valence-electron chi connectivity index (χ1n) is 7.24. The third-order valence-electron chi connectivity index (χ3n) is 3.41. The number of aliphatic hydroxyl groups excluding tert-OH is 1. The second kappa shape index (κ2) is 7.35. The van der Waals surface area contributed by atoms with Crippen molar-refractivity contribution in [3.63, 3.8) is 0 Å². The average molecular weight is 338 g/mol. The minimum Gasteiger partial charge on any atom is -0.387 e. The van der Waals surface area contributed by atoms with Crippen LogP contribution >= 0.6 is 0 Å². The van der Waals surface area contributed by atoms with E-state index in [9.17, 15) is 18.0 Å². The molecule has 0 radical (unpaired) electrons. The van der Waals surface area contributed by atoms with Gasteiger partial charge >= 0.3 is 6.18 Å². The second-order valence-electron chi connectivity index (χ2n) is 5.27. The number of halogens is 3. The minimum absolute atomic E-state index is 0.226. The van der Waals surface area contributed by atoms with Gasteiger partial charge in [-0.1, -0.05) is 18.2 Å². The summed E-state index contributed by atoms with van der Waals surface area (Å²) in [5.74, 6) is -0.525. The summed E-state index contributed by atoms with van der Waals surface area (Å²) >= 11 is 0. The van der Waals surface area contributed by atoms with Crippen molar-refractivity contribution >= 4 is 17.3 Å². The number of carbonyl (C=O) groups is 1. The first kappa shape index (κ1) is 17.8. The fourth-order valence-corrected chi connectivity index (χ4v) is 2.18. The van der Waals surface area contributed by atoms with E-state index >= 15 is 0 Å². The molecule has 3 N–H and O–H groups in total. The third-order valence-corrected chi connectivity index (χ3v) is 3.41. The number of rotatable bonds is 5. The van der Waals surface area contributed by atoms with Gasteiger partial charge in [-0.15, -0.1) is 0 Å². The second-order valence-corrected chi connectivity index (χ2v) is 5.27. The van der Waals surface area contributed by atoms with Crippen LogP contribution in [0.15, 0.2) is 48.5 Å². The zero-order valence-corrected chi connectivity index (χ0v) is 12.9. The van der Waals surface area contributed by atoms with Crippen molar-refractivity contribution in [3.05, 3.63) is 59.7 Å². The van der Waals surface area contributed by atoms with Crippen molar-refractivity contribution < 1.29 is 23.1 Å². The molecule has 0 fully saturated rings. The van der Waals surface area contributed by atoms with E-state index < -0.39 is 24.3 Å². The van der Waals surface area contributed by atoms with Crippen molar-refractivity contribution in [1.29, 1.82) is 0 Å². The van der Waals surface area contributed by atoms with Crippen LogP contribution in [-0.2, 0) is 11.0 Å². The van der Waals surface area contributed by atoms with Crippen LogP contribution in [0.5, 0.6) is 0 Å². The molecule has 4 nitrogen and oxygen atoms in total. The lowest BCUT2D eigenvalue weighted by molar-refractivity contribution is -0.137. The third kappa shape index (κ3) is 4.73. The summed E-state index contributed by atoms with van der Waals surface area (Å²) in [5, 5.41) is 14.4. The number of anilines is 2. The molecule has 0 heterocycles. The van der Waals surface area contributed by atoms with Crippen molar-refractivity contribution in [1.82, 2.24) is 0 Å². The number of nitrogens with one attached hydrogen (secondary N) is 2. The molecule has 0 spiro atoms. The van der Waals surface area contributed by atoms with E-state index in [1.807, 2.05) is 6.92 Å². The molecule has 0 aromatic heterocycles. The molecule has 24 heavy (non-hydrogen) atoms. The summed E-state index contributed by atoms with van der Waals surface area (Å²) in [6, 6.07) is 11.6. The van der Waals surface area contributed by atoms with Crippen LogP contribution < -0.4 is 10.6 Å². The molecule has 2 rings (SSSR count). The summed E-state index contributed by atoms with van der Waals surface area (Å²) in [4.78, 5) is 11.2. The summed E-state index contributed by atoms with van der Waals surface area (Å²) in [6.45, 7) is 1.21. The number of hydrogen-bond donors (Lipinski definition) is 3. The van der Waals surface area contributed by atoms with Gasteiger partial charge in [-0.05, 0) is 42.8 Å². The number of carbonyl (C=O) groups excluding carboxylic acids is 1. The fraction of sp³-hybridized carbons (Fsp3) is 0.235. The normalized spacial score (nSPS) is 12.5. The van der Waals surface area contributed by atoms with Gasteiger partial charge in [0, 0.05) is 17.4 Å². The van der Waals surface area contributed by atoms with E-state index in [-0.39, 0.29) is 6.04 Å². The van der Waals surface area contributed by atoms with Crippen LogP contribution in [0.3, 0.4) is 0 Å². The van der Waals surface area contributed by atoms with Gasteiger partial charge in [0.2, 0.25) is 5.91 Å². The lowest BCUT2D eigenvalue weighted by Crippen LogP contribution is -2.15. The molecule has 1 atom stereocenters. The van der Waals surface area contributed by atoms with Crippen molar-refractivity contribution in [2.24, 2.45) is 0 Å². The summed E-state index contributed by atoms with van der Waals surface area (Å²) in [6.07, 6.45) is -4.35. The molecule has 7 heteroatoms. The number of hydrogen-bond acceptors (Lipinski definition) is 3. The minimum atomic E-state index is -4.35. The van der Waals surface area contributed by atoms with E-state index in [4.69, 9.17) is 5.11 Å². The highest BCUT2D eigenvalue weighted by Gasteiger charge is 2.30. The predicted molar refractivity (Wildman–Crippen MR) is 85.6 cm³/mol. The van der Waals surface area contributed by atoms with Crippen molar-refractivity contribution in [2.45, 2.75) is 19.1 Å². The Morgan fingerprint density at radius 2 is 1.75 bits per heavy atom. The molecular weight excluding hydrogens is 321 g/mol. The summed E-state index contributed by atoms with van der Waals surface area (Å²) < 4.78 is 37.7. The summed E-state index contributed by atoms with van der Waals surface area (Å²) in [5.41, 5.74) is 1.22. The molecule has 0 aliphatic heterocycles.